The van der Waals surface area contributed by atoms with Crippen molar-refractivity contribution >= 4 is 5.97 Å². The lowest BCUT2D eigenvalue weighted by Crippen LogP contribution is -2.09. The summed E-state index contributed by atoms with van der Waals surface area (Å²) in [5.74, 6) is -0.945. The summed E-state index contributed by atoms with van der Waals surface area (Å²) in [5.41, 5.74) is 1.01. The summed E-state index contributed by atoms with van der Waals surface area (Å²) < 4.78 is 4.87. The van der Waals surface area contributed by atoms with Crippen molar-refractivity contribution in [2.45, 2.75) is 6.54 Å². The van der Waals surface area contributed by atoms with Gasteiger partial charge in [0, 0.05) is 31.4 Å². The first-order valence-electron chi connectivity index (χ1n) is 3.81. The third-order valence-corrected chi connectivity index (χ3v) is 1.48. The molecule has 0 atom stereocenters. The van der Waals surface area contributed by atoms with E-state index in [1.807, 2.05) is 6.07 Å². The molecule has 0 amide bonds. The zero-order chi connectivity index (χ0) is 9.68. The molecule has 0 bridgehead atoms. The molecule has 0 unspecified atom stereocenters. The van der Waals surface area contributed by atoms with Crippen molar-refractivity contribution in [3.8, 4) is 0 Å². The molecule has 4 nitrogen and oxygen atoms in total. The van der Waals surface area contributed by atoms with Gasteiger partial charge in [-0.25, -0.2) is 4.79 Å². The number of carbonyl (C=O) groups is 1. The molecule has 0 aliphatic carbocycles. The van der Waals surface area contributed by atoms with E-state index in [0.717, 1.165) is 11.6 Å². The normalized spacial score (nSPS) is 10.5. The zero-order valence-corrected chi connectivity index (χ0v) is 7.30. The molecule has 0 radical (unpaired) electrons. The Balaban J connectivity index is 2.42. The van der Waals surface area contributed by atoms with Crippen molar-refractivity contribution in [2.75, 3.05) is 7.05 Å². The number of rotatable bonds is 4. The highest BCUT2D eigenvalue weighted by atomic mass is 16.4. The number of carboxylic acid groups (broad SMARTS) is 1. The maximum Gasteiger partial charge on any atom is 0.329 e. The predicted octanol–water partition coefficient (Wildman–Crippen LogP) is 1.31. The van der Waals surface area contributed by atoms with Gasteiger partial charge in [-0.3, -0.25) is 0 Å². The molecule has 4 heteroatoms. The van der Waals surface area contributed by atoms with Gasteiger partial charge in [-0.05, 0) is 6.07 Å². The molecule has 1 aromatic rings. The van der Waals surface area contributed by atoms with Crippen LogP contribution in [0.2, 0.25) is 0 Å². The van der Waals surface area contributed by atoms with Crippen LogP contribution in [0.15, 0.2) is 35.3 Å². The molecule has 0 aromatic carbocycles. The van der Waals surface area contributed by atoms with Crippen LogP contribution in [0, 0.1) is 0 Å². The van der Waals surface area contributed by atoms with E-state index in [1.54, 1.807) is 24.5 Å². The molecule has 1 aromatic heterocycles. The smallest absolute Gasteiger partial charge is 0.329 e. The van der Waals surface area contributed by atoms with Crippen molar-refractivity contribution in [3.05, 3.63) is 36.4 Å². The second-order valence-electron chi connectivity index (χ2n) is 2.70. The lowest BCUT2D eigenvalue weighted by molar-refractivity contribution is -0.131. The van der Waals surface area contributed by atoms with Gasteiger partial charge in [0.1, 0.15) is 0 Å². The molecule has 0 aliphatic heterocycles. The van der Waals surface area contributed by atoms with Crippen LogP contribution in [-0.4, -0.2) is 23.0 Å². The summed E-state index contributed by atoms with van der Waals surface area (Å²) in [6.07, 6.45) is 5.82. The lowest BCUT2D eigenvalue weighted by Gasteiger charge is -2.10. The summed E-state index contributed by atoms with van der Waals surface area (Å²) in [7, 11) is 1.80. The summed E-state index contributed by atoms with van der Waals surface area (Å²) in [6.45, 7) is 0.639. The van der Waals surface area contributed by atoms with Gasteiger partial charge in [0.05, 0.1) is 12.5 Å². The Hall–Kier alpha value is -1.71. The minimum atomic E-state index is -0.945. The van der Waals surface area contributed by atoms with E-state index in [4.69, 9.17) is 9.52 Å². The van der Waals surface area contributed by atoms with Crippen LogP contribution in [-0.2, 0) is 11.3 Å². The van der Waals surface area contributed by atoms with Crippen LogP contribution >= 0.6 is 0 Å². The average molecular weight is 181 g/mol. The predicted molar refractivity (Wildman–Crippen MR) is 47.0 cm³/mol. The van der Waals surface area contributed by atoms with Crippen molar-refractivity contribution in [2.24, 2.45) is 0 Å². The van der Waals surface area contributed by atoms with Crippen LogP contribution in [0.1, 0.15) is 5.56 Å². The van der Waals surface area contributed by atoms with Gasteiger partial charge in [-0.2, -0.15) is 0 Å². The third-order valence-electron chi connectivity index (χ3n) is 1.48. The molecule has 0 fully saturated rings. The molecule has 1 N–H and O–H groups in total. The van der Waals surface area contributed by atoms with Crippen molar-refractivity contribution in [1.29, 1.82) is 0 Å². The SMILES string of the molecule is CN(C=CC(=O)O)Cc1ccoc1. The van der Waals surface area contributed by atoms with E-state index < -0.39 is 5.97 Å². The highest BCUT2D eigenvalue weighted by Gasteiger charge is 1.96. The lowest BCUT2D eigenvalue weighted by atomic mass is 10.3. The highest BCUT2D eigenvalue weighted by Crippen LogP contribution is 2.03. The molecule has 1 heterocycles. The Morgan fingerprint density at radius 3 is 3.08 bits per heavy atom. The van der Waals surface area contributed by atoms with Crippen molar-refractivity contribution in [3.63, 3.8) is 0 Å². The van der Waals surface area contributed by atoms with Gasteiger partial charge < -0.3 is 14.4 Å². The van der Waals surface area contributed by atoms with E-state index in [2.05, 4.69) is 0 Å². The fourth-order valence-corrected chi connectivity index (χ4v) is 0.914. The number of aliphatic carboxylic acids is 1. The van der Waals surface area contributed by atoms with Crippen LogP contribution < -0.4 is 0 Å². The third kappa shape index (κ3) is 3.46. The van der Waals surface area contributed by atoms with Crippen LogP contribution in [0.4, 0.5) is 0 Å². The Kier molecular flexibility index (Phi) is 3.14. The first kappa shape index (κ1) is 9.38. The van der Waals surface area contributed by atoms with Gasteiger partial charge in [0.2, 0.25) is 0 Å². The molecular formula is C9H11NO3. The van der Waals surface area contributed by atoms with Gasteiger partial charge in [0.25, 0.3) is 0 Å². The molecule has 0 aliphatic rings. The van der Waals surface area contributed by atoms with Crippen LogP contribution in [0.3, 0.4) is 0 Å². The Labute approximate surface area is 76.1 Å². The second-order valence-corrected chi connectivity index (χ2v) is 2.70. The standard InChI is InChI=1S/C9H11NO3/c1-10(4-2-9(11)12)6-8-3-5-13-7-8/h2-5,7H,6H2,1H3,(H,11,12). The monoisotopic (exact) mass is 181 g/mol. The van der Waals surface area contributed by atoms with E-state index in [1.165, 1.54) is 6.20 Å². The van der Waals surface area contributed by atoms with Crippen LogP contribution in [0.25, 0.3) is 0 Å². The van der Waals surface area contributed by atoms with Crippen molar-refractivity contribution in [1.82, 2.24) is 4.90 Å². The maximum atomic E-state index is 10.2. The maximum absolute atomic E-state index is 10.2. The molecule has 0 saturated heterocycles. The number of carboxylic acids is 1. The molecule has 0 spiro atoms. The van der Waals surface area contributed by atoms with Gasteiger partial charge in [-0.1, -0.05) is 0 Å². The summed E-state index contributed by atoms with van der Waals surface area (Å²) in [4.78, 5) is 11.9. The second kappa shape index (κ2) is 4.35. The van der Waals surface area contributed by atoms with Gasteiger partial charge >= 0.3 is 5.97 Å². The topological polar surface area (TPSA) is 53.7 Å². The molecule has 70 valence electrons. The number of hydrogen-bond acceptors (Lipinski definition) is 3. The highest BCUT2D eigenvalue weighted by molar-refractivity contribution is 5.79. The van der Waals surface area contributed by atoms with Crippen molar-refractivity contribution < 1.29 is 14.3 Å². The average Bonchev–Trinajstić information content (AvgIpc) is 2.53. The number of furan rings is 1. The minimum absolute atomic E-state index is 0.639. The summed E-state index contributed by atoms with van der Waals surface area (Å²) >= 11 is 0. The summed E-state index contributed by atoms with van der Waals surface area (Å²) in [5, 5.41) is 8.36. The van der Waals surface area contributed by atoms with E-state index in [9.17, 15) is 4.79 Å². The summed E-state index contributed by atoms with van der Waals surface area (Å²) in [6, 6.07) is 1.84. The van der Waals surface area contributed by atoms with E-state index >= 15 is 0 Å². The fourth-order valence-electron chi connectivity index (χ4n) is 0.914. The first-order valence-corrected chi connectivity index (χ1v) is 3.81. The quantitative estimate of drug-likeness (QED) is 0.711. The Morgan fingerprint density at radius 2 is 2.54 bits per heavy atom. The number of nitrogens with zero attached hydrogens (tertiary/aromatic N) is 1. The number of hydrogen-bond donors (Lipinski definition) is 1. The first-order chi connectivity index (χ1) is 6.18. The molecule has 1 rings (SSSR count). The Bertz CT molecular complexity index is 290. The van der Waals surface area contributed by atoms with E-state index in [0.29, 0.717) is 6.54 Å². The zero-order valence-electron chi connectivity index (χ0n) is 7.30. The largest absolute Gasteiger partial charge is 0.478 e. The fraction of sp³-hybridized carbons (Fsp3) is 0.222. The van der Waals surface area contributed by atoms with Gasteiger partial charge in [0.15, 0.2) is 0 Å². The molecule has 0 saturated carbocycles. The molecule has 13 heavy (non-hydrogen) atoms. The van der Waals surface area contributed by atoms with Crippen LogP contribution in [0.5, 0.6) is 0 Å². The van der Waals surface area contributed by atoms with E-state index in [-0.39, 0.29) is 0 Å². The molecular weight excluding hydrogens is 170 g/mol. The minimum Gasteiger partial charge on any atom is -0.478 e. The van der Waals surface area contributed by atoms with Gasteiger partial charge in [-0.15, -0.1) is 0 Å². The Morgan fingerprint density at radius 1 is 1.77 bits per heavy atom.